The highest BCUT2D eigenvalue weighted by atomic mass is 19.1. The SMILES string of the molecule is CCC(CC)n1cc(C=O)c(-c2ccc(C)c(F)c2)n1. The van der Waals surface area contributed by atoms with Crippen LogP contribution in [0.4, 0.5) is 4.39 Å². The lowest BCUT2D eigenvalue weighted by Crippen LogP contribution is -2.07. The van der Waals surface area contributed by atoms with Gasteiger partial charge in [-0.05, 0) is 31.4 Å². The zero-order valence-corrected chi connectivity index (χ0v) is 12.1. The molecule has 0 radical (unpaired) electrons. The maximum atomic E-state index is 13.7. The molecule has 106 valence electrons. The van der Waals surface area contributed by atoms with Crippen molar-refractivity contribution < 1.29 is 9.18 Å². The van der Waals surface area contributed by atoms with Gasteiger partial charge in [0.15, 0.2) is 6.29 Å². The summed E-state index contributed by atoms with van der Waals surface area (Å²) < 4.78 is 15.5. The molecule has 1 heterocycles. The largest absolute Gasteiger partial charge is 0.298 e. The summed E-state index contributed by atoms with van der Waals surface area (Å²) in [6, 6.07) is 5.19. The topological polar surface area (TPSA) is 34.9 Å². The van der Waals surface area contributed by atoms with Gasteiger partial charge in [0.2, 0.25) is 0 Å². The molecular weight excluding hydrogens is 255 g/mol. The first kappa shape index (κ1) is 14.4. The molecule has 1 aromatic heterocycles. The molecule has 0 fully saturated rings. The summed E-state index contributed by atoms with van der Waals surface area (Å²) in [5.74, 6) is -0.281. The van der Waals surface area contributed by atoms with E-state index in [4.69, 9.17) is 0 Å². The molecule has 4 heteroatoms. The van der Waals surface area contributed by atoms with Crippen LogP contribution >= 0.6 is 0 Å². The highest BCUT2D eigenvalue weighted by Crippen LogP contribution is 2.25. The van der Waals surface area contributed by atoms with Crippen molar-refractivity contribution in [3.63, 3.8) is 0 Å². The van der Waals surface area contributed by atoms with Gasteiger partial charge in [0.25, 0.3) is 0 Å². The van der Waals surface area contributed by atoms with Crippen molar-refractivity contribution in [1.29, 1.82) is 0 Å². The van der Waals surface area contributed by atoms with Crippen LogP contribution < -0.4 is 0 Å². The van der Waals surface area contributed by atoms with E-state index in [1.807, 2.05) is 4.68 Å². The van der Waals surface area contributed by atoms with E-state index in [1.54, 1.807) is 25.3 Å². The molecule has 2 aromatic rings. The Morgan fingerprint density at radius 1 is 1.35 bits per heavy atom. The molecule has 0 spiro atoms. The molecule has 0 atom stereocenters. The van der Waals surface area contributed by atoms with Crippen molar-refractivity contribution in [2.45, 2.75) is 39.7 Å². The van der Waals surface area contributed by atoms with E-state index in [2.05, 4.69) is 18.9 Å². The summed E-state index contributed by atoms with van der Waals surface area (Å²) in [6.45, 7) is 5.88. The molecule has 0 saturated heterocycles. The van der Waals surface area contributed by atoms with Crippen molar-refractivity contribution in [2.75, 3.05) is 0 Å². The van der Waals surface area contributed by atoms with Gasteiger partial charge in [-0.25, -0.2) is 4.39 Å². The lowest BCUT2D eigenvalue weighted by molar-refractivity contribution is 0.112. The summed E-state index contributed by atoms with van der Waals surface area (Å²) in [5.41, 5.74) is 2.27. The van der Waals surface area contributed by atoms with Crippen LogP contribution in [0, 0.1) is 12.7 Å². The minimum Gasteiger partial charge on any atom is -0.298 e. The number of nitrogens with zero attached hydrogens (tertiary/aromatic N) is 2. The summed E-state index contributed by atoms with van der Waals surface area (Å²) >= 11 is 0. The molecule has 0 aliphatic heterocycles. The van der Waals surface area contributed by atoms with E-state index in [9.17, 15) is 9.18 Å². The van der Waals surface area contributed by atoms with Gasteiger partial charge in [0.1, 0.15) is 11.5 Å². The standard InChI is InChI=1S/C16H19FN2O/c1-4-14(5-2)19-9-13(10-20)16(18-19)12-7-6-11(3)15(17)8-12/h6-10,14H,4-5H2,1-3H3. The molecule has 3 nitrogen and oxygen atoms in total. The van der Waals surface area contributed by atoms with Crippen LogP contribution in [0.2, 0.25) is 0 Å². The number of benzene rings is 1. The molecule has 0 N–H and O–H groups in total. The van der Waals surface area contributed by atoms with Crippen molar-refractivity contribution in [3.8, 4) is 11.3 Å². The van der Waals surface area contributed by atoms with E-state index in [0.29, 0.717) is 22.4 Å². The van der Waals surface area contributed by atoms with E-state index >= 15 is 0 Å². The molecule has 0 saturated carbocycles. The van der Waals surface area contributed by atoms with Crippen LogP contribution in [-0.4, -0.2) is 16.1 Å². The summed E-state index contributed by atoms with van der Waals surface area (Å²) in [7, 11) is 0. The molecule has 20 heavy (non-hydrogen) atoms. The monoisotopic (exact) mass is 274 g/mol. The second kappa shape index (κ2) is 5.99. The molecule has 0 unspecified atom stereocenters. The maximum Gasteiger partial charge on any atom is 0.153 e. The number of hydrogen-bond donors (Lipinski definition) is 0. The van der Waals surface area contributed by atoms with Gasteiger partial charge in [-0.2, -0.15) is 5.10 Å². The van der Waals surface area contributed by atoms with Gasteiger partial charge in [0.05, 0.1) is 11.6 Å². The first-order valence-electron chi connectivity index (χ1n) is 6.91. The second-order valence-electron chi connectivity index (χ2n) is 4.97. The average Bonchev–Trinajstić information content (AvgIpc) is 2.87. The Kier molecular flexibility index (Phi) is 4.32. The third-order valence-electron chi connectivity index (χ3n) is 3.65. The number of carbonyl (C=O) groups is 1. The van der Waals surface area contributed by atoms with Crippen LogP contribution in [0.1, 0.15) is 48.7 Å². The first-order valence-corrected chi connectivity index (χ1v) is 6.91. The van der Waals surface area contributed by atoms with E-state index < -0.39 is 0 Å². The number of hydrogen-bond acceptors (Lipinski definition) is 2. The number of halogens is 1. The molecule has 0 amide bonds. The van der Waals surface area contributed by atoms with Crippen LogP contribution in [0.3, 0.4) is 0 Å². The Morgan fingerprint density at radius 2 is 2.05 bits per heavy atom. The third kappa shape index (κ3) is 2.64. The second-order valence-corrected chi connectivity index (χ2v) is 4.97. The Balaban J connectivity index is 2.49. The van der Waals surface area contributed by atoms with Crippen LogP contribution in [-0.2, 0) is 0 Å². The highest BCUT2D eigenvalue weighted by Gasteiger charge is 2.15. The van der Waals surface area contributed by atoms with E-state index in [1.165, 1.54) is 6.07 Å². The number of aromatic nitrogens is 2. The Hall–Kier alpha value is -1.97. The molecular formula is C16H19FN2O. The molecule has 0 aliphatic carbocycles. The van der Waals surface area contributed by atoms with E-state index in [-0.39, 0.29) is 11.9 Å². The third-order valence-corrected chi connectivity index (χ3v) is 3.65. The first-order chi connectivity index (χ1) is 9.60. The Labute approximate surface area is 118 Å². The van der Waals surface area contributed by atoms with Gasteiger partial charge in [0, 0.05) is 11.8 Å². The number of aryl methyl sites for hydroxylation is 1. The van der Waals surface area contributed by atoms with Crippen molar-refractivity contribution in [3.05, 3.63) is 41.3 Å². The lowest BCUT2D eigenvalue weighted by atomic mass is 10.1. The quantitative estimate of drug-likeness (QED) is 0.767. The van der Waals surface area contributed by atoms with Crippen LogP contribution in [0.15, 0.2) is 24.4 Å². The van der Waals surface area contributed by atoms with Crippen LogP contribution in [0.25, 0.3) is 11.3 Å². The van der Waals surface area contributed by atoms with Crippen molar-refractivity contribution in [1.82, 2.24) is 9.78 Å². The fourth-order valence-corrected chi connectivity index (χ4v) is 2.31. The minimum atomic E-state index is -0.281. The number of carbonyl (C=O) groups excluding carboxylic acids is 1. The smallest absolute Gasteiger partial charge is 0.153 e. The maximum absolute atomic E-state index is 13.7. The van der Waals surface area contributed by atoms with Gasteiger partial charge in [-0.1, -0.05) is 26.0 Å². The summed E-state index contributed by atoms with van der Waals surface area (Å²) in [6.07, 6.45) is 4.41. The van der Waals surface area contributed by atoms with Gasteiger partial charge >= 0.3 is 0 Å². The minimum absolute atomic E-state index is 0.262. The fraction of sp³-hybridized carbons (Fsp3) is 0.375. The predicted molar refractivity (Wildman–Crippen MR) is 77.4 cm³/mol. The number of rotatable bonds is 5. The predicted octanol–water partition coefficient (Wildman–Crippen LogP) is 4.17. The van der Waals surface area contributed by atoms with E-state index in [0.717, 1.165) is 19.1 Å². The average molecular weight is 274 g/mol. The summed E-state index contributed by atoms with van der Waals surface area (Å²) in [5, 5.41) is 4.48. The zero-order valence-electron chi connectivity index (χ0n) is 12.1. The highest BCUT2D eigenvalue weighted by molar-refractivity contribution is 5.85. The normalized spacial score (nSPS) is 11.1. The van der Waals surface area contributed by atoms with Gasteiger partial charge < -0.3 is 0 Å². The molecule has 1 aromatic carbocycles. The van der Waals surface area contributed by atoms with Gasteiger partial charge in [-0.15, -0.1) is 0 Å². The van der Waals surface area contributed by atoms with Crippen molar-refractivity contribution >= 4 is 6.29 Å². The summed E-state index contributed by atoms with van der Waals surface area (Å²) in [4.78, 5) is 11.2. The molecule has 2 rings (SSSR count). The van der Waals surface area contributed by atoms with Crippen LogP contribution in [0.5, 0.6) is 0 Å². The Morgan fingerprint density at radius 3 is 2.60 bits per heavy atom. The Bertz CT molecular complexity index is 615. The fourth-order valence-electron chi connectivity index (χ4n) is 2.31. The van der Waals surface area contributed by atoms with Gasteiger partial charge in [-0.3, -0.25) is 9.48 Å². The zero-order chi connectivity index (χ0) is 14.7. The molecule has 0 bridgehead atoms. The lowest BCUT2D eigenvalue weighted by Gasteiger charge is -2.12. The number of aldehydes is 1. The molecule has 0 aliphatic rings. The van der Waals surface area contributed by atoms with Crippen molar-refractivity contribution in [2.24, 2.45) is 0 Å².